The SMILES string of the molecule is COc1ncn(-c2ccccc2C)c(=O)n1. The summed E-state index contributed by atoms with van der Waals surface area (Å²) in [4.78, 5) is 19.3. The van der Waals surface area contributed by atoms with Crippen molar-refractivity contribution in [2.75, 3.05) is 7.11 Å². The van der Waals surface area contributed by atoms with E-state index in [-0.39, 0.29) is 6.01 Å². The van der Waals surface area contributed by atoms with Gasteiger partial charge in [-0.3, -0.25) is 4.57 Å². The Morgan fingerprint density at radius 2 is 2.06 bits per heavy atom. The average molecular weight is 217 g/mol. The first-order valence-corrected chi connectivity index (χ1v) is 4.78. The van der Waals surface area contributed by atoms with Crippen molar-refractivity contribution in [3.8, 4) is 11.7 Å². The molecule has 0 aliphatic rings. The highest BCUT2D eigenvalue weighted by Gasteiger charge is 2.05. The normalized spacial score (nSPS) is 10.1. The predicted molar refractivity (Wildman–Crippen MR) is 58.9 cm³/mol. The molecule has 1 aromatic heterocycles. The zero-order valence-electron chi connectivity index (χ0n) is 9.04. The van der Waals surface area contributed by atoms with Crippen LogP contribution < -0.4 is 10.4 Å². The van der Waals surface area contributed by atoms with E-state index in [0.29, 0.717) is 0 Å². The van der Waals surface area contributed by atoms with Gasteiger partial charge in [0, 0.05) is 0 Å². The minimum absolute atomic E-state index is 0.0786. The van der Waals surface area contributed by atoms with Crippen LogP contribution in [0.15, 0.2) is 35.4 Å². The molecule has 82 valence electrons. The molecule has 0 fully saturated rings. The summed E-state index contributed by atoms with van der Waals surface area (Å²) in [5.41, 5.74) is 1.36. The van der Waals surface area contributed by atoms with E-state index >= 15 is 0 Å². The van der Waals surface area contributed by atoms with Crippen molar-refractivity contribution < 1.29 is 4.74 Å². The summed E-state index contributed by atoms with van der Waals surface area (Å²) in [5, 5.41) is 0. The quantitative estimate of drug-likeness (QED) is 0.751. The van der Waals surface area contributed by atoms with Gasteiger partial charge in [0.25, 0.3) is 0 Å². The van der Waals surface area contributed by atoms with E-state index in [9.17, 15) is 4.79 Å². The highest BCUT2D eigenvalue weighted by Crippen LogP contribution is 2.10. The van der Waals surface area contributed by atoms with Crippen LogP contribution in [0.1, 0.15) is 5.56 Å². The number of methoxy groups -OCH3 is 1. The summed E-state index contributed by atoms with van der Waals surface area (Å²) in [5.74, 6) is 0. The molecule has 0 saturated heterocycles. The van der Waals surface area contributed by atoms with Crippen LogP contribution in [-0.2, 0) is 0 Å². The van der Waals surface area contributed by atoms with Crippen LogP contribution in [0, 0.1) is 6.92 Å². The van der Waals surface area contributed by atoms with Gasteiger partial charge in [-0.25, -0.2) is 4.79 Å². The van der Waals surface area contributed by atoms with Crippen LogP contribution in [0.5, 0.6) is 6.01 Å². The topological polar surface area (TPSA) is 57.0 Å². The van der Waals surface area contributed by atoms with Crippen LogP contribution in [0.2, 0.25) is 0 Å². The van der Waals surface area contributed by atoms with E-state index in [0.717, 1.165) is 11.3 Å². The molecule has 5 nitrogen and oxygen atoms in total. The number of aromatic nitrogens is 3. The Morgan fingerprint density at radius 1 is 1.31 bits per heavy atom. The molecule has 5 heteroatoms. The smallest absolute Gasteiger partial charge is 0.358 e. The Morgan fingerprint density at radius 3 is 2.69 bits per heavy atom. The van der Waals surface area contributed by atoms with Gasteiger partial charge in [0.05, 0.1) is 12.8 Å². The minimum Gasteiger partial charge on any atom is -0.467 e. The van der Waals surface area contributed by atoms with Gasteiger partial charge in [0.15, 0.2) is 0 Å². The van der Waals surface area contributed by atoms with E-state index < -0.39 is 5.69 Å². The van der Waals surface area contributed by atoms with Crippen LogP contribution in [0.4, 0.5) is 0 Å². The monoisotopic (exact) mass is 217 g/mol. The lowest BCUT2D eigenvalue weighted by atomic mass is 10.2. The Hall–Kier alpha value is -2.17. The average Bonchev–Trinajstić information content (AvgIpc) is 2.30. The molecule has 1 aromatic carbocycles. The molecule has 16 heavy (non-hydrogen) atoms. The summed E-state index contributed by atoms with van der Waals surface area (Å²) in [7, 11) is 1.42. The van der Waals surface area contributed by atoms with Crippen molar-refractivity contribution in [1.29, 1.82) is 0 Å². The molecule has 2 rings (SSSR count). The van der Waals surface area contributed by atoms with Crippen molar-refractivity contribution in [2.45, 2.75) is 6.92 Å². The van der Waals surface area contributed by atoms with Gasteiger partial charge >= 0.3 is 11.7 Å². The van der Waals surface area contributed by atoms with Gasteiger partial charge in [0.2, 0.25) is 0 Å². The molecule has 2 aromatic rings. The molecule has 0 aliphatic heterocycles. The van der Waals surface area contributed by atoms with Gasteiger partial charge in [-0.15, -0.1) is 4.98 Å². The summed E-state index contributed by atoms with van der Waals surface area (Å²) in [6.45, 7) is 1.92. The van der Waals surface area contributed by atoms with Crippen LogP contribution in [0.3, 0.4) is 0 Å². The molecule has 0 bridgehead atoms. The van der Waals surface area contributed by atoms with Crippen molar-refractivity contribution in [1.82, 2.24) is 14.5 Å². The molecule has 0 saturated carbocycles. The second-order valence-electron chi connectivity index (χ2n) is 3.28. The van der Waals surface area contributed by atoms with E-state index in [4.69, 9.17) is 4.74 Å². The van der Waals surface area contributed by atoms with Crippen LogP contribution in [0.25, 0.3) is 5.69 Å². The first-order chi connectivity index (χ1) is 7.72. The zero-order valence-corrected chi connectivity index (χ0v) is 9.04. The number of benzene rings is 1. The molecular weight excluding hydrogens is 206 g/mol. The molecule has 0 spiro atoms. The zero-order chi connectivity index (χ0) is 11.5. The van der Waals surface area contributed by atoms with E-state index in [1.54, 1.807) is 0 Å². The maximum Gasteiger partial charge on any atom is 0.358 e. The maximum atomic E-state index is 11.7. The lowest BCUT2D eigenvalue weighted by Crippen LogP contribution is -2.22. The minimum atomic E-state index is -0.402. The second-order valence-corrected chi connectivity index (χ2v) is 3.28. The summed E-state index contributed by atoms with van der Waals surface area (Å²) in [6, 6.07) is 7.61. The third-order valence-corrected chi connectivity index (χ3v) is 2.24. The fourth-order valence-corrected chi connectivity index (χ4v) is 1.42. The third kappa shape index (κ3) is 1.79. The van der Waals surface area contributed by atoms with Gasteiger partial charge < -0.3 is 4.74 Å². The van der Waals surface area contributed by atoms with Crippen LogP contribution in [-0.4, -0.2) is 21.6 Å². The lowest BCUT2D eigenvalue weighted by Gasteiger charge is -2.07. The van der Waals surface area contributed by atoms with Gasteiger partial charge in [-0.05, 0) is 18.6 Å². The molecule has 0 N–H and O–H groups in total. The van der Waals surface area contributed by atoms with E-state index in [1.807, 2.05) is 31.2 Å². The fraction of sp³-hybridized carbons (Fsp3) is 0.182. The Labute approximate surface area is 92.4 Å². The Balaban J connectivity index is 2.58. The predicted octanol–water partition coefficient (Wildman–Crippen LogP) is 0.945. The van der Waals surface area contributed by atoms with Crippen molar-refractivity contribution in [2.24, 2.45) is 0 Å². The molecule has 0 unspecified atom stereocenters. The van der Waals surface area contributed by atoms with Gasteiger partial charge in [-0.1, -0.05) is 18.2 Å². The van der Waals surface area contributed by atoms with Crippen molar-refractivity contribution >= 4 is 0 Å². The number of rotatable bonds is 2. The molecule has 0 radical (unpaired) electrons. The van der Waals surface area contributed by atoms with Crippen molar-refractivity contribution in [3.05, 3.63) is 46.6 Å². The first-order valence-electron chi connectivity index (χ1n) is 4.78. The second kappa shape index (κ2) is 4.14. The van der Waals surface area contributed by atoms with E-state index in [2.05, 4.69) is 9.97 Å². The standard InChI is InChI=1S/C11H11N3O2/c1-8-5-3-4-6-9(8)14-7-12-10(16-2)13-11(14)15/h3-7H,1-2H3. The number of hydrogen-bond acceptors (Lipinski definition) is 4. The van der Waals surface area contributed by atoms with Crippen molar-refractivity contribution in [3.63, 3.8) is 0 Å². The summed E-state index contributed by atoms with van der Waals surface area (Å²) < 4.78 is 6.17. The molecule has 1 heterocycles. The Kier molecular flexibility index (Phi) is 2.68. The third-order valence-electron chi connectivity index (χ3n) is 2.24. The number of para-hydroxylation sites is 1. The maximum absolute atomic E-state index is 11.7. The number of nitrogens with zero attached hydrogens (tertiary/aromatic N) is 3. The number of hydrogen-bond donors (Lipinski definition) is 0. The molecule has 0 atom stereocenters. The lowest BCUT2D eigenvalue weighted by molar-refractivity contribution is 0.374. The van der Waals surface area contributed by atoms with Gasteiger partial charge in [0.1, 0.15) is 6.33 Å². The summed E-state index contributed by atoms with van der Waals surface area (Å²) in [6.07, 6.45) is 1.41. The highest BCUT2D eigenvalue weighted by molar-refractivity contribution is 5.39. The molecule has 0 amide bonds. The highest BCUT2D eigenvalue weighted by atomic mass is 16.5. The van der Waals surface area contributed by atoms with Gasteiger partial charge in [-0.2, -0.15) is 4.98 Å². The first kappa shape index (κ1) is 10.4. The fourth-order valence-electron chi connectivity index (χ4n) is 1.42. The van der Waals surface area contributed by atoms with E-state index in [1.165, 1.54) is 18.0 Å². The molecule has 0 aliphatic carbocycles. The number of aryl methyl sites for hydroxylation is 1. The number of ether oxygens (including phenoxy) is 1. The van der Waals surface area contributed by atoms with Crippen LogP contribution >= 0.6 is 0 Å². The largest absolute Gasteiger partial charge is 0.467 e. The molecular formula is C11H11N3O2. The Bertz CT molecular complexity index is 563. The summed E-state index contributed by atoms with van der Waals surface area (Å²) >= 11 is 0.